The van der Waals surface area contributed by atoms with Crippen LogP contribution in [0.3, 0.4) is 0 Å². The molecule has 1 saturated heterocycles. The van der Waals surface area contributed by atoms with Crippen LogP contribution in [0.4, 0.5) is 5.69 Å². The van der Waals surface area contributed by atoms with Crippen molar-refractivity contribution in [2.24, 2.45) is 0 Å². The summed E-state index contributed by atoms with van der Waals surface area (Å²) in [6, 6.07) is 6.28. The van der Waals surface area contributed by atoms with Crippen molar-refractivity contribution in [2.45, 2.75) is 25.4 Å². The molecule has 1 aliphatic heterocycles. The van der Waals surface area contributed by atoms with Gasteiger partial charge in [0, 0.05) is 25.2 Å². The lowest BCUT2D eigenvalue weighted by Gasteiger charge is -2.35. The van der Waals surface area contributed by atoms with Gasteiger partial charge in [-0.1, -0.05) is 12.1 Å². The van der Waals surface area contributed by atoms with Crippen molar-refractivity contribution in [2.75, 3.05) is 13.1 Å². The smallest absolute Gasteiger partial charge is 0.276 e. The number of hydrogen-bond acceptors (Lipinski definition) is 4. The van der Waals surface area contributed by atoms with E-state index in [1.165, 1.54) is 18.2 Å². The maximum absolute atomic E-state index is 12.1. The number of aliphatic hydroxyl groups is 1. The zero-order chi connectivity index (χ0) is 15.5. The minimum absolute atomic E-state index is 0.0249. The van der Waals surface area contributed by atoms with Crippen molar-refractivity contribution in [3.63, 3.8) is 0 Å². The molecule has 1 aliphatic rings. The number of likely N-dealkylation sites (tertiary alicyclic amines) is 1. The van der Waals surface area contributed by atoms with Gasteiger partial charge in [-0.3, -0.25) is 14.9 Å². The molecule has 1 heterocycles. The molecule has 0 unspecified atom stereocenters. The third kappa shape index (κ3) is 3.88. The first kappa shape index (κ1) is 15.2. The maximum Gasteiger partial charge on any atom is 0.276 e. The number of benzene rings is 1. The quantitative estimate of drug-likeness (QED) is 0.524. The predicted octanol–water partition coefficient (Wildman–Crippen LogP) is 1.98. The maximum atomic E-state index is 12.1. The molecule has 2 rings (SSSR count). The van der Waals surface area contributed by atoms with E-state index in [1.54, 1.807) is 30.0 Å². The van der Waals surface area contributed by atoms with Crippen LogP contribution in [0.1, 0.15) is 25.3 Å². The van der Waals surface area contributed by atoms with E-state index >= 15 is 0 Å². The van der Waals surface area contributed by atoms with Crippen LogP contribution in [-0.4, -0.2) is 39.5 Å². The number of piperidine rings is 1. The van der Waals surface area contributed by atoms with E-state index in [0.717, 1.165) is 0 Å². The highest BCUT2D eigenvalue weighted by molar-refractivity contribution is 5.92. The van der Waals surface area contributed by atoms with Crippen molar-refractivity contribution in [3.8, 4) is 0 Å². The summed E-state index contributed by atoms with van der Waals surface area (Å²) in [6.07, 6.45) is 3.89. The minimum atomic E-state index is -0.710. The second-order valence-corrected chi connectivity index (χ2v) is 5.47. The number of nitro benzene ring substituents is 1. The van der Waals surface area contributed by atoms with Crippen LogP contribution in [0, 0.1) is 10.1 Å². The van der Waals surface area contributed by atoms with Crippen molar-refractivity contribution < 1.29 is 14.8 Å². The number of carbonyl (C=O) groups excluding carboxylic acids is 1. The van der Waals surface area contributed by atoms with Gasteiger partial charge in [0.15, 0.2) is 0 Å². The fourth-order valence-corrected chi connectivity index (χ4v) is 2.27. The van der Waals surface area contributed by atoms with Crippen molar-refractivity contribution >= 4 is 17.7 Å². The number of para-hydroxylation sites is 1. The number of hydrogen-bond donors (Lipinski definition) is 1. The first-order chi connectivity index (χ1) is 9.89. The lowest BCUT2D eigenvalue weighted by Crippen LogP contribution is -2.44. The second kappa shape index (κ2) is 6.05. The Balaban J connectivity index is 2.05. The van der Waals surface area contributed by atoms with Crippen LogP contribution >= 0.6 is 0 Å². The highest BCUT2D eigenvalue weighted by Crippen LogP contribution is 2.22. The first-order valence-corrected chi connectivity index (χ1v) is 6.82. The Morgan fingerprint density at radius 2 is 2.00 bits per heavy atom. The number of nitro groups is 1. The minimum Gasteiger partial charge on any atom is -0.390 e. The first-order valence-electron chi connectivity index (χ1n) is 6.82. The van der Waals surface area contributed by atoms with Crippen LogP contribution in [0.15, 0.2) is 30.3 Å². The van der Waals surface area contributed by atoms with Gasteiger partial charge in [0.1, 0.15) is 0 Å². The Labute approximate surface area is 122 Å². The molecule has 0 atom stereocenters. The van der Waals surface area contributed by atoms with Crippen LogP contribution in [0.25, 0.3) is 6.08 Å². The van der Waals surface area contributed by atoms with E-state index in [4.69, 9.17) is 0 Å². The zero-order valence-corrected chi connectivity index (χ0v) is 11.9. The summed E-state index contributed by atoms with van der Waals surface area (Å²) in [5.41, 5.74) is -0.332. The van der Waals surface area contributed by atoms with E-state index in [1.807, 2.05) is 0 Å². The molecule has 1 N–H and O–H groups in total. The molecule has 1 aromatic carbocycles. The molecule has 112 valence electrons. The summed E-state index contributed by atoms with van der Waals surface area (Å²) in [5, 5.41) is 20.7. The summed E-state index contributed by atoms with van der Waals surface area (Å²) in [4.78, 5) is 24.1. The van der Waals surface area contributed by atoms with Gasteiger partial charge in [-0.15, -0.1) is 0 Å². The molecule has 0 aliphatic carbocycles. The summed E-state index contributed by atoms with van der Waals surface area (Å²) in [6.45, 7) is 2.75. The molecule has 0 spiro atoms. The SMILES string of the molecule is CC1(O)CCN(C(=O)/C=C/c2ccccc2[N+](=O)[O-])CC1. The Morgan fingerprint density at radius 1 is 1.38 bits per heavy atom. The van der Waals surface area contributed by atoms with Gasteiger partial charge in [0.2, 0.25) is 5.91 Å². The van der Waals surface area contributed by atoms with Crippen molar-refractivity contribution in [1.82, 2.24) is 4.90 Å². The second-order valence-electron chi connectivity index (χ2n) is 5.47. The molecule has 0 radical (unpaired) electrons. The summed E-state index contributed by atoms with van der Waals surface area (Å²) >= 11 is 0. The van der Waals surface area contributed by atoms with Crippen LogP contribution in [0.5, 0.6) is 0 Å². The van der Waals surface area contributed by atoms with Gasteiger partial charge < -0.3 is 10.0 Å². The van der Waals surface area contributed by atoms with Crippen molar-refractivity contribution in [3.05, 3.63) is 46.0 Å². The van der Waals surface area contributed by atoms with Gasteiger partial charge >= 0.3 is 0 Å². The van der Waals surface area contributed by atoms with Gasteiger partial charge in [-0.2, -0.15) is 0 Å². The van der Waals surface area contributed by atoms with E-state index in [-0.39, 0.29) is 11.6 Å². The Hall–Kier alpha value is -2.21. The predicted molar refractivity (Wildman–Crippen MR) is 78.6 cm³/mol. The molecule has 0 aromatic heterocycles. The molecule has 0 bridgehead atoms. The van der Waals surface area contributed by atoms with Gasteiger partial charge in [-0.25, -0.2) is 0 Å². The molecule has 0 saturated carbocycles. The average molecular weight is 290 g/mol. The monoisotopic (exact) mass is 290 g/mol. The molecular formula is C15H18N2O4. The van der Waals surface area contributed by atoms with Crippen LogP contribution in [-0.2, 0) is 4.79 Å². The normalized spacial score (nSPS) is 17.9. The molecule has 1 amide bonds. The number of nitrogens with zero attached hydrogens (tertiary/aromatic N) is 2. The molecule has 1 fully saturated rings. The fourth-order valence-electron chi connectivity index (χ4n) is 2.27. The van der Waals surface area contributed by atoms with E-state index in [2.05, 4.69) is 0 Å². The average Bonchev–Trinajstić information content (AvgIpc) is 2.45. The summed E-state index contributed by atoms with van der Waals surface area (Å²) < 4.78 is 0. The van der Waals surface area contributed by atoms with Gasteiger partial charge in [0.25, 0.3) is 5.69 Å². The van der Waals surface area contributed by atoms with Gasteiger partial charge in [0.05, 0.1) is 16.1 Å². The van der Waals surface area contributed by atoms with Gasteiger partial charge in [-0.05, 0) is 31.9 Å². The summed E-state index contributed by atoms with van der Waals surface area (Å²) in [7, 11) is 0. The summed E-state index contributed by atoms with van der Waals surface area (Å²) in [5.74, 6) is -0.191. The van der Waals surface area contributed by atoms with E-state index in [9.17, 15) is 20.0 Å². The lowest BCUT2D eigenvalue weighted by atomic mass is 9.94. The molecule has 6 heteroatoms. The fraction of sp³-hybridized carbons (Fsp3) is 0.400. The lowest BCUT2D eigenvalue weighted by molar-refractivity contribution is -0.385. The third-order valence-corrected chi connectivity index (χ3v) is 3.69. The Kier molecular flexibility index (Phi) is 4.37. The van der Waals surface area contributed by atoms with E-state index in [0.29, 0.717) is 31.5 Å². The number of amides is 1. The van der Waals surface area contributed by atoms with Crippen LogP contribution < -0.4 is 0 Å². The number of rotatable bonds is 3. The standard InChI is InChI=1S/C15H18N2O4/c1-15(19)8-10-16(11-9-15)14(18)7-6-12-4-2-3-5-13(12)17(20)21/h2-7,19H,8-11H2,1H3/b7-6+. The zero-order valence-electron chi connectivity index (χ0n) is 11.9. The Bertz CT molecular complexity index is 571. The molecule has 6 nitrogen and oxygen atoms in total. The largest absolute Gasteiger partial charge is 0.390 e. The van der Waals surface area contributed by atoms with E-state index < -0.39 is 10.5 Å². The van der Waals surface area contributed by atoms with Crippen LogP contribution in [0.2, 0.25) is 0 Å². The molecule has 21 heavy (non-hydrogen) atoms. The topological polar surface area (TPSA) is 83.7 Å². The Morgan fingerprint density at radius 3 is 2.62 bits per heavy atom. The molecular weight excluding hydrogens is 272 g/mol. The highest BCUT2D eigenvalue weighted by Gasteiger charge is 2.28. The highest BCUT2D eigenvalue weighted by atomic mass is 16.6. The van der Waals surface area contributed by atoms with Crippen molar-refractivity contribution in [1.29, 1.82) is 0 Å². The third-order valence-electron chi connectivity index (χ3n) is 3.69. The number of carbonyl (C=O) groups is 1. The molecule has 1 aromatic rings.